The summed E-state index contributed by atoms with van der Waals surface area (Å²) in [6, 6.07) is 0. The molecule has 3 nitrogen and oxygen atoms in total. The van der Waals surface area contributed by atoms with Gasteiger partial charge in [-0.2, -0.15) is 0 Å². The van der Waals surface area contributed by atoms with Gasteiger partial charge in [0.2, 0.25) is 0 Å². The molecule has 0 bridgehead atoms. The van der Waals surface area contributed by atoms with E-state index in [1.807, 2.05) is 0 Å². The van der Waals surface area contributed by atoms with Gasteiger partial charge in [-0.05, 0) is 39.5 Å². The number of aliphatic imine (C=N–C) groups is 1. The molecule has 0 spiro atoms. The van der Waals surface area contributed by atoms with Gasteiger partial charge in [0.05, 0.1) is 17.5 Å². The molecular formula is C18H35NO2S. The van der Waals surface area contributed by atoms with E-state index in [4.69, 9.17) is 0 Å². The third kappa shape index (κ3) is 8.92. The maximum absolute atomic E-state index is 11.8. The molecule has 0 aromatic heterocycles. The van der Waals surface area contributed by atoms with Gasteiger partial charge >= 0.3 is 0 Å². The smallest absolute Gasteiger partial charge is 0.154 e. The zero-order valence-electron chi connectivity index (χ0n) is 14.6. The van der Waals surface area contributed by atoms with E-state index >= 15 is 0 Å². The maximum atomic E-state index is 11.8. The van der Waals surface area contributed by atoms with Gasteiger partial charge in [0.1, 0.15) is 0 Å². The molecule has 4 heteroatoms. The van der Waals surface area contributed by atoms with Gasteiger partial charge in [0.15, 0.2) is 9.84 Å². The van der Waals surface area contributed by atoms with Crippen LogP contribution in [0, 0.1) is 0 Å². The molecule has 0 heterocycles. The fourth-order valence-electron chi connectivity index (χ4n) is 2.92. The first kappa shape index (κ1) is 19.7. The summed E-state index contributed by atoms with van der Waals surface area (Å²) in [6.45, 7) is 3.96. The van der Waals surface area contributed by atoms with E-state index in [0.29, 0.717) is 6.54 Å². The number of hydrogen-bond acceptors (Lipinski definition) is 3. The Morgan fingerprint density at radius 3 is 1.64 bits per heavy atom. The van der Waals surface area contributed by atoms with Crippen molar-refractivity contribution in [3.8, 4) is 0 Å². The molecule has 0 N–H and O–H groups in total. The first-order valence-electron chi connectivity index (χ1n) is 9.26. The van der Waals surface area contributed by atoms with Crippen LogP contribution in [-0.4, -0.2) is 31.7 Å². The van der Waals surface area contributed by atoms with E-state index in [2.05, 4.69) is 4.99 Å². The van der Waals surface area contributed by atoms with E-state index in [0.717, 1.165) is 12.8 Å². The van der Waals surface area contributed by atoms with Crippen LogP contribution in [0.15, 0.2) is 4.99 Å². The molecule has 0 saturated heterocycles. The second-order valence-corrected chi connectivity index (χ2v) is 9.58. The van der Waals surface area contributed by atoms with E-state index < -0.39 is 9.84 Å². The van der Waals surface area contributed by atoms with Gasteiger partial charge in [-0.3, -0.25) is 4.99 Å². The molecule has 1 rings (SSSR count). The van der Waals surface area contributed by atoms with E-state index in [1.54, 1.807) is 13.8 Å². The van der Waals surface area contributed by atoms with Gasteiger partial charge in [-0.15, -0.1) is 0 Å². The lowest BCUT2D eigenvalue weighted by molar-refractivity contribution is 0.562. The maximum Gasteiger partial charge on any atom is 0.154 e. The Labute approximate surface area is 137 Å². The summed E-state index contributed by atoms with van der Waals surface area (Å²) in [5.74, 6) is 0.203. The van der Waals surface area contributed by atoms with Crippen LogP contribution in [0.25, 0.3) is 0 Å². The molecular weight excluding hydrogens is 294 g/mol. The molecule has 1 aliphatic carbocycles. The fraction of sp³-hybridized carbons (Fsp3) is 0.944. The lowest BCUT2D eigenvalue weighted by Gasteiger charge is -2.09. The number of hydrogen-bond donors (Lipinski definition) is 0. The van der Waals surface area contributed by atoms with E-state index in [9.17, 15) is 8.42 Å². The predicted molar refractivity (Wildman–Crippen MR) is 96.6 cm³/mol. The molecule has 0 aromatic rings. The highest BCUT2D eigenvalue weighted by molar-refractivity contribution is 7.92. The number of nitrogens with zero attached hydrogens (tertiary/aromatic N) is 1. The summed E-state index contributed by atoms with van der Waals surface area (Å²) >= 11 is 0. The van der Waals surface area contributed by atoms with Crippen LogP contribution in [0.5, 0.6) is 0 Å². The Kier molecular flexibility index (Phi) is 10.0. The topological polar surface area (TPSA) is 46.5 Å². The molecule has 0 unspecified atom stereocenters. The van der Waals surface area contributed by atoms with Crippen LogP contribution in [0.3, 0.4) is 0 Å². The second-order valence-electron chi connectivity index (χ2n) is 6.90. The number of sulfone groups is 1. The van der Waals surface area contributed by atoms with Crippen molar-refractivity contribution in [2.24, 2.45) is 4.99 Å². The van der Waals surface area contributed by atoms with Crippen molar-refractivity contribution in [3.63, 3.8) is 0 Å². The van der Waals surface area contributed by atoms with E-state index in [-0.39, 0.29) is 11.0 Å². The monoisotopic (exact) mass is 329 g/mol. The summed E-state index contributed by atoms with van der Waals surface area (Å²) in [5, 5.41) is -0.284. The van der Waals surface area contributed by atoms with Crippen molar-refractivity contribution in [2.75, 3.05) is 12.3 Å². The molecule has 0 aromatic carbocycles. The molecule has 1 fully saturated rings. The SMILES string of the molecule is CC(C)S(=O)(=O)CCN=C1CCCCCCCCCCCC1. The van der Waals surface area contributed by atoms with Crippen LogP contribution < -0.4 is 0 Å². The first-order chi connectivity index (χ1) is 10.5. The van der Waals surface area contributed by atoms with Crippen molar-refractivity contribution in [1.82, 2.24) is 0 Å². The minimum atomic E-state index is -2.95. The Morgan fingerprint density at radius 2 is 1.23 bits per heavy atom. The minimum absolute atomic E-state index is 0.203. The highest BCUT2D eigenvalue weighted by Gasteiger charge is 2.15. The van der Waals surface area contributed by atoms with Crippen molar-refractivity contribution < 1.29 is 8.42 Å². The summed E-state index contributed by atoms with van der Waals surface area (Å²) < 4.78 is 23.7. The molecule has 1 aliphatic rings. The normalized spacial score (nSPS) is 20.0. The molecule has 22 heavy (non-hydrogen) atoms. The van der Waals surface area contributed by atoms with Crippen LogP contribution in [0.1, 0.15) is 90.9 Å². The Morgan fingerprint density at radius 1 is 0.818 bits per heavy atom. The first-order valence-corrected chi connectivity index (χ1v) is 11.0. The third-order valence-corrected chi connectivity index (χ3v) is 6.80. The highest BCUT2D eigenvalue weighted by Crippen LogP contribution is 2.15. The fourth-order valence-corrected chi connectivity index (χ4v) is 3.74. The average molecular weight is 330 g/mol. The standard InChI is InChI=1S/C18H35NO2S/c1-17(2)22(20,21)16-15-19-18-13-11-9-7-5-3-4-6-8-10-12-14-18/h17H,3-16H2,1-2H3. The summed E-state index contributed by atoms with van der Waals surface area (Å²) in [7, 11) is -2.95. The second kappa shape index (κ2) is 11.2. The predicted octanol–water partition coefficient (Wildman–Crippen LogP) is 4.95. The molecule has 1 saturated carbocycles. The summed E-state index contributed by atoms with van der Waals surface area (Å²) in [5.41, 5.74) is 1.26. The van der Waals surface area contributed by atoms with Crippen molar-refractivity contribution in [3.05, 3.63) is 0 Å². The zero-order chi connectivity index (χ0) is 16.3. The average Bonchev–Trinajstić information content (AvgIpc) is 2.49. The van der Waals surface area contributed by atoms with Crippen molar-refractivity contribution in [2.45, 2.75) is 96.1 Å². The van der Waals surface area contributed by atoms with Crippen molar-refractivity contribution >= 4 is 15.5 Å². The van der Waals surface area contributed by atoms with Gasteiger partial charge in [0.25, 0.3) is 0 Å². The van der Waals surface area contributed by atoms with E-state index in [1.165, 1.54) is 69.9 Å². The van der Waals surface area contributed by atoms with Gasteiger partial charge in [0, 0.05) is 5.71 Å². The largest absolute Gasteiger partial charge is 0.293 e. The van der Waals surface area contributed by atoms with Crippen LogP contribution >= 0.6 is 0 Å². The molecule has 0 atom stereocenters. The number of rotatable bonds is 4. The Bertz CT molecular complexity index is 397. The molecule has 0 amide bonds. The van der Waals surface area contributed by atoms with Crippen LogP contribution in [0.2, 0.25) is 0 Å². The highest BCUT2D eigenvalue weighted by atomic mass is 32.2. The lowest BCUT2D eigenvalue weighted by atomic mass is 10.0. The van der Waals surface area contributed by atoms with Crippen LogP contribution in [0.4, 0.5) is 0 Å². The Hall–Kier alpha value is -0.380. The summed E-state index contributed by atoms with van der Waals surface area (Å²) in [4.78, 5) is 4.64. The Balaban J connectivity index is 2.46. The summed E-state index contributed by atoms with van der Waals surface area (Å²) in [6.07, 6.45) is 15.4. The van der Waals surface area contributed by atoms with Gasteiger partial charge in [-0.1, -0.05) is 51.4 Å². The zero-order valence-corrected chi connectivity index (χ0v) is 15.5. The molecule has 130 valence electrons. The van der Waals surface area contributed by atoms with Gasteiger partial charge < -0.3 is 0 Å². The quantitative estimate of drug-likeness (QED) is 0.733. The van der Waals surface area contributed by atoms with Crippen LogP contribution in [-0.2, 0) is 9.84 Å². The van der Waals surface area contributed by atoms with Crippen molar-refractivity contribution in [1.29, 1.82) is 0 Å². The third-order valence-electron chi connectivity index (χ3n) is 4.61. The molecule has 0 aliphatic heterocycles. The lowest BCUT2D eigenvalue weighted by Crippen LogP contribution is -2.19. The molecule has 0 radical (unpaired) electrons. The minimum Gasteiger partial charge on any atom is -0.293 e. The van der Waals surface area contributed by atoms with Gasteiger partial charge in [-0.25, -0.2) is 8.42 Å².